The zero-order valence-electron chi connectivity index (χ0n) is 13.7. The van der Waals surface area contributed by atoms with E-state index in [1.54, 1.807) is 13.2 Å². The summed E-state index contributed by atoms with van der Waals surface area (Å²) >= 11 is 0. The highest BCUT2D eigenvalue weighted by Gasteiger charge is 2.29. The van der Waals surface area contributed by atoms with Crippen molar-refractivity contribution < 1.29 is 19.3 Å². The molecule has 0 saturated carbocycles. The molecule has 5 nitrogen and oxygen atoms in total. The number of methoxy groups -OCH3 is 1. The molecule has 5 heteroatoms. The summed E-state index contributed by atoms with van der Waals surface area (Å²) in [6.07, 6.45) is 2.34. The fourth-order valence-corrected chi connectivity index (χ4v) is 3.59. The molecular weight excluding hydrogens is 306 g/mol. The maximum absolute atomic E-state index is 10.7. The molecule has 4 rings (SSSR count). The minimum Gasteiger partial charge on any atom is -0.504 e. The van der Waals surface area contributed by atoms with E-state index in [4.69, 9.17) is 14.2 Å². The number of likely N-dealkylation sites (tertiary alicyclic amines) is 1. The van der Waals surface area contributed by atoms with Crippen LogP contribution in [0.3, 0.4) is 0 Å². The largest absolute Gasteiger partial charge is 0.504 e. The van der Waals surface area contributed by atoms with Crippen LogP contribution in [0.25, 0.3) is 0 Å². The van der Waals surface area contributed by atoms with Crippen LogP contribution in [0.4, 0.5) is 0 Å². The zero-order chi connectivity index (χ0) is 16.5. The number of hydrogen-bond donors (Lipinski definition) is 1. The average Bonchev–Trinajstić information content (AvgIpc) is 3.28. The van der Waals surface area contributed by atoms with Crippen molar-refractivity contribution in [3.05, 3.63) is 47.5 Å². The molecule has 0 spiro atoms. The van der Waals surface area contributed by atoms with Crippen molar-refractivity contribution in [3.8, 4) is 23.0 Å². The van der Waals surface area contributed by atoms with Crippen LogP contribution >= 0.6 is 0 Å². The molecule has 1 saturated heterocycles. The third-order valence-electron chi connectivity index (χ3n) is 4.76. The smallest absolute Gasteiger partial charge is 0.231 e. The number of hydrogen-bond acceptors (Lipinski definition) is 5. The lowest BCUT2D eigenvalue weighted by molar-refractivity contribution is 0.174. The first kappa shape index (κ1) is 15.1. The van der Waals surface area contributed by atoms with Gasteiger partial charge in [-0.2, -0.15) is 0 Å². The molecule has 0 amide bonds. The van der Waals surface area contributed by atoms with E-state index in [9.17, 15) is 5.11 Å². The maximum Gasteiger partial charge on any atom is 0.231 e. The molecule has 2 aromatic carbocycles. The van der Waals surface area contributed by atoms with E-state index in [0.29, 0.717) is 5.75 Å². The first-order valence-electron chi connectivity index (χ1n) is 8.27. The average molecular weight is 327 g/mol. The second-order valence-corrected chi connectivity index (χ2v) is 6.16. The highest BCUT2D eigenvalue weighted by molar-refractivity contribution is 5.52. The molecule has 0 bridgehead atoms. The Morgan fingerprint density at radius 1 is 1.08 bits per heavy atom. The summed E-state index contributed by atoms with van der Waals surface area (Å²) in [5, 5.41) is 10.7. The fourth-order valence-electron chi connectivity index (χ4n) is 3.59. The van der Waals surface area contributed by atoms with Gasteiger partial charge in [-0.1, -0.05) is 18.2 Å². The van der Waals surface area contributed by atoms with Crippen LogP contribution in [0.5, 0.6) is 23.0 Å². The highest BCUT2D eigenvalue weighted by Crippen LogP contribution is 2.43. The van der Waals surface area contributed by atoms with Crippen LogP contribution in [-0.4, -0.2) is 37.0 Å². The zero-order valence-corrected chi connectivity index (χ0v) is 13.7. The van der Waals surface area contributed by atoms with Crippen molar-refractivity contribution in [2.24, 2.45) is 0 Å². The van der Waals surface area contributed by atoms with Gasteiger partial charge in [0.1, 0.15) is 0 Å². The van der Waals surface area contributed by atoms with Crippen molar-refractivity contribution >= 4 is 0 Å². The Labute approximate surface area is 141 Å². The Kier molecular flexibility index (Phi) is 3.94. The minimum atomic E-state index is -0.0305. The molecule has 126 valence electrons. The molecule has 1 N–H and O–H groups in total. The number of phenolic OH excluding ortho intramolecular Hbond substituents is 1. The lowest BCUT2D eigenvalue weighted by atomic mass is 9.95. The lowest BCUT2D eigenvalue weighted by Crippen LogP contribution is -2.26. The molecule has 0 aromatic heterocycles. The minimum absolute atomic E-state index is 0.0305. The van der Waals surface area contributed by atoms with Crippen molar-refractivity contribution in [2.75, 3.05) is 27.0 Å². The first-order chi connectivity index (χ1) is 11.8. The van der Waals surface area contributed by atoms with Crippen molar-refractivity contribution in [1.29, 1.82) is 0 Å². The molecule has 0 radical (unpaired) electrons. The van der Waals surface area contributed by atoms with E-state index in [-0.39, 0.29) is 18.6 Å². The molecule has 1 atom stereocenters. The second kappa shape index (κ2) is 6.24. The molecule has 0 aliphatic carbocycles. The van der Waals surface area contributed by atoms with Gasteiger partial charge in [-0.3, -0.25) is 4.90 Å². The summed E-state index contributed by atoms with van der Waals surface area (Å²) in [5.74, 6) is 2.24. The molecule has 1 fully saturated rings. The predicted octanol–water partition coefficient (Wildman–Crippen LogP) is 3.31. The predicted molar refractivity (Wildman–Crippen MR) is 89.9 cm³/mol. The number of rotatable bonds is 4. The Balaban J connectivity index is 1.80. The molecular formula is C19H21NO4. The van der Waals surface area contributed by atoms with Gasteiger partial charge in [0, 0.05) is 5.56 Å². The molecule has 2 heterocycles. The number of benzene rings is 2. The van der Waals surface area contributed by atoms with Crippen molar-refractivity contribution in [1.82, 2.24) is 4.90 Å². The van der Waals surface area contributed by atoms with E-state index in [2.05, 4.69) is 11.0 Å². The van der Waals surface area contributed by atoms with Gasteiger partial charge in [-0.15, -0.1) is 0 Å². The van der Waals surface area contributed by atoms with Crippen LogP contribution < -0.4 is 14.2 Å². The summed E-state index contributed by atoms with van der Waals surface area (Å²) in [5.41, 5.74) is 1.94. The van der Waals surface area contributed by atoms with Crippen molar-refractivity contribution in [2.45, 2.75) is 18.9 Å². The van der Waals surface area contributed by atoms with Gasteiger partial charge in [0.25, 0.3) is 0 Å². The molecule has 24 heavy (non-hydrogen) atoms. The monoisotopic (exact) mass is 327 g/mol. The summed E-state index contributed by atoms with van der Waals surface area (Å²) in [6, 6.07) is 11.6. The number of nitrogens with zero attached hydrogens (tertiary/aromatic N) is 1. The van der Waals surface area contributed by atoms with Gasteiger partial charge in [0.2, 0.25) is 6.79 Å². The van der Waals surface area contributed by atoms with E-state index in [1.807, 2.05) is 24.3 Å². The lowest BCUT2D eigenvalue weighted by Gasteiger charge is -2.29. The van der Waals surface area contributed by atoms with Crippen molar-refractivity contribution in [3.63, 3.8) is 0 Å². The van der Waals surface area contributed by atoms with Gasteiger partial charge >= 0.3 is 0 Å². The standard InChI is InChI=1S/C19H21NO4/c1-22-16-6-4-5-14(19(16)21)18(20-9-2-3-10-20)13-7-8-15-17(11-13)24-12-23-15/h4-8,11,18,21H,2-3,9-10,12H2,1H3. The van der Waals surface area contributed by atoms with E-state index in [0.717, 1.165) is 35.7 Å². The number of fused-ring (bicyclic) bond motifs is 1. The van der Waals surface area contributed by atoms with E-state index < -0.39 is 0 Å². The van der Waals surface area contributed by atoms with Crippen LogP contribution in [0.15, 0.2) is 36.4 Å². The number of para-hydroxylation sites is 1. The summed E-state index contributed by atoms with van der Waals surface area (Å²) in [4.78, 5) is 2.39. The third kappa shape index (κ3) is 2.55. The number of phenols is 1. The number of ether oxygens (including phenoxy) is 3. The normalized spacial score (nSPS) is 17.9. The number of aromatic hydroxyl groups is 1. The van der Waals surface area contributed by atoms with Gasteiger partial charge in [-0.25, -0.2) is 0 Å². The Bertz CT molecular complexity index is 740. The third-order valence-corrected chi connectivity index (χ3v) is 4.76. The van der Waals surface area contributed by atoms with Gasteiger partial charge in [0.05, 0.1) is 13.2 Å². The van der Waals surface area contributed by atoms with Gasteiger partial charge in [0.15, 0.2) is 23.0 Å². The van der Waals surface area contributed by atoms with E-state index >= 15 is 0 Å². The first-order valence-corrected chi connectivity index (χ1v) is 8.27. The summed E-state index contributed by atoms with van der Waals surface area (Å²) in [7, 11) is 1.57. The Morgan fingerprint density at radius 3 is 2.67 bits per heavy atom. The summed E-state index contributed by atoms with van der Waals surface area (Å²) in [6.45, 7) is 2.28. The molecule has 1 unspecified atom stereocenters. The SMILES string of the molecule is COc1cccc(C(c2ccc3c(c2)OCO3)N2CCCC2)c1O. The highest BCUT2D eigenvalue weighted by atomic mass is 16.7. The van der Waals surface area contributed by atoms with Crippen LogP contribution in [0, 0.1) is 0 Å². The topological polar surface area (TPSA) is 51.2 Å². The Morgan fingerprint density at radius 2 is 1.88 bits per heavy atom. The summed E-state index contributed by atoms with van der Waals surface area (Å²) < 4.78 is 16.2. The molecule has 2 aliphatic rings. The van der Waals surface area contributed by atoms with Crippen LogP contribution in [0.2, 0.25) is 0 Å². The fraction of sp³-hybridized carbons (Fsp3) is 0.368. The molecule has 2 aliphatic heterocycles. The van der Waals surface area contributed by atoms with Gasteiger partial charge < -0.3 is 19.3 Å². The van der Waals surface area contributed by atoms with Crippen LogP contribution in [-0.2, 0) is 0 Å². The second-order valence-electron chi connectivity index (χ2n) is 6.16. The van der Waals surface area contributed by atoms with Gasteiger partial charge in [-0.05, 0) is 49.7 Å². The maximum atomic E-state index is 10.7. The van der Waals surface area contributed by atoms with Crippen LogP contribution in [0.1, 0.15) is 30.0 Å². The quantitative estimate of drug-likeness (QED) is 0.933. The van der Waals surface area contributed by atoms with E-state index in [1.165, 1.54) is 12.8 Å². The molecule has 2 aromatic rings. The Hall–Kier alpha value is -2.40.